The quantitative estimate of drug-likeness (QED) is 0.572. The summed E-state index contributed by atoms with van der Waals surface area (Å²) in [4.78, 5) is 28.5. The first-order valence-electron chi connectivity index (χ1n) is 11.0. The number of benzene rings is 2. The molecule has 0 aliphatic carbocycles. The molecule has 4 rings (SSSR count). The maximum absolute atomic E-state index is 12.8. The number of hydrogen-bond donors (Lipinski definition) is 3. The number of hydrazine groups is 1. The second-order valence-electron chi connectivity index (χ2n) is 8.46. The Kier molecular flexibility index (Phi) is 7.04. The predicted octanol–water partition coefficient (Wildman–Crippen LogP) is 3.72. The lowest BCUT2D eigenvalue weighted by atomic mass is 10.1. The van der Waals surface area contributed by atoms with E-state index in [0.29, 0.717) is 27.1 Å². The second kappa shape index (κ2) is 9.96. The molecule has 3 atom stereocenters. The predicted molar refractivity (Wildman–Crippen MR) is 127 cm³/mol. The summed E-state index contributed by atoms with van der Waals surface area (Å²) < 4.78 is 0. The summed E-state index contributed by atoms with van der Waals surface area (Å²) in [6.45, 7) is 2.83. The number of likely N-dealkylation sites (tertiary alicyclic amines) is 2. The van der Waals surface area contributed by atoms with Crippen molar-refractivity contribution in [1.29, 1.82) is 0 Å². The minimum absolute atomic E-state index is 0.0190. The van der Waals surface area contributed by atoms with Gasteiger partial charge < -0.3 is 30.9 Å². The van der Waals surface area contributed by atoms with Crippen molar-refractivity contribution in [2.24, 2.45) is 0 Å². The zero-order valence-corrected chi connectivity index (χ0v) is 19.0. The summed E-state index contributed by atoms with van der Waals surface area (Å²) in [5.41, 5.74) is 4.28. The van der Waals surface area contributed by atoms with Crippen molar-refractivity contribution >= 4 is 34.9 Å². The molecule has 2 aromatic rings. The molecule has 0 unspecified atom stereocenters. The standard InChI is InChI=1S/C23H27ClN5O4/c1-15-3-2-12-27(15)22(31)16-4-8-19(9-5-16)26-29(33)21-13-20(30)14-28(21)23(32)25-18-10-6-17(24)7-11-18/h4-11,15,20-21,26,30H,2-3,12-14H2,1H3,(H,25,32)/q-1/t15-,20-,21+/m1/s1. The number of rotatable bonds is 5. The highest BCUT2D eigenvalue weighted by Gasteiger charge is 2.35. The van der Waals surface area contributed by atoms with Crippen molar-refractivity contribution < 1.29 is 14.7 Å². The van der Waals surface area contributed by atoms with Crippen LogP contribution in [0.1, 0.15) is 36.5 Å². The monoisotopic (exact) mass is 472 g/mol. The van der Waals surface area contributed by atoms with Crippen LogP contribution >= 0.6 is 11.6 Å². The number of hydrogen-bond acceptors (Lipinski definition) is 6. The van der Waals surface area contributed by atoms with E-state index in [0.717, 1.165) is 19.4 Å². The van der Waals surface area contributed by atoms with Gasteiger partial charge in [-0.3, -0.25) is 9.97 Å². The van der Waals surface area contributed by atoms with E-state index in [9.17, 15) is 19.9 Å². The van der Waals surface area contributed by atoms with Gasteiger partial charge in [0.2, 0.25) is 0 Å². The molecule has 2 saturated heterocycles. The molecular formula is C23H27ClN5O4-. The molecular weight excluding hydrogens is 446 g/mol. The number of β-amino-alcohol motifs (C(OH)–C–C–N with tert-alkyl or cyclic N) is 1. The largest absolute Gasteiger partial charge is 0.766 e. The summed E-state index contributed by atoms with van der Waals surface area (Å²) in [7, 11) is 0. The van der Waals surface area contributed by atoms with Crippen molar-refractivity contribution in [3.63, 3.8) is 0 Å². The Morgan fingerprint density at radius 2 is 1.76 bits per heavy atom. The number of carbonyl (C=O) groups excluding carboxylic acids is 2. The van der Waals surface area contributed by atoms with Crippen LogP contribution in [0, 0.1) is 5.21 Å². The molecule has 0 spiro atoms. The van der Waals surface area contributed by atoms with Gasteiger partial charge in [-0.05, 0) is 68.3 Å². The highest BCUT2D eigenvalue weighted by Crippen LogP contribution is 2.25. The average molecular weight is 473 g/mol. The van der Waals surface area contributed by atoms with Crippen LogP contribution in [-0.4, -0.2) is 63.4 Å². The molecule has 2 fully saturated rings. The van der Waals surface area contributed by atoms with Crippen molar-refractivity contribution in [2.75, 3.05) is 23.8 Å². The first kappa shape index (κ1) is 23.3. The third-order valence-corrected chi connectivity index (χ3v) is 6.31. The van der Waals surface area contributed by atoms with Gasteiger partial charge >= 0.3 is 6.03 Å². The van der Waals surface area contributed by atoms with Crippen LogP contribution in [0.25, 0.3) is 0 Å². The smallest absolute Gasteiger partial charge is 0.323 e. The van der Waals surface area contributed by atoms with E-state index >= 15 is 0 Å². The Morgan fingerprint density at radius 3 is 2.39 bits per heavy atom. The first-order valence-corrected chi connectivity index (χ1v) is 11.3. The molecule has 2 heterocycles. The van der Waals surface area contributed by atoms with Gasteiger partial charge in [-0.2, -0.15) is 0 Å². The van der Waals surface area contributed by atoms with Gasteiger partial charge in [0, 0.05) is 41.0 Å². The molecule has 2 aliphatic heterocycles. The van der Waals surface area contributed by atoms with Crippen LogP contribution in [0.2, 0.25) is 5.02 Å². The Morgan fingerprint density at radius 1 is 1.09 bits per heavy atom. The average Bonchev–Trinajstić information content (AvgIpc) is 3.41. The van der Waals surface area contributed by atoms with E-state index in [-0.39, 0.29) is 24.9 Å². The number of halogens is 1. The van der Waals surface area contributed by atoms with Gasteiger partial charge in [0.25, 0.3) is 5.91 Å². The van der Waals surface area contributed by atoms with Gasteiger partial charge in [0.05, 0.1) is 18.8 Å². The maximum atomic E-state index is 12.8. The van der Waals surface area contributed by atoms with Gasteiger partial charge in [-0.15, -0.1) is 0 Å². The molecule has 9 nitrogen and oxygen atoms in total. The van der Waals surface area contributed by atoms with Crippen LogP contribution in [-0.2, 0) is 0 Å². The Labute approximate surface area is 197 Å². The van der Waals surface area contributed by atoms with Gasteiger partial charge in [0.1, 0.15) is 0 Å². The summed E-state index contributed by atoms with van der Waals surface area (Å²) in [6.07, 6.45) is 0.401. The molecule has 0 aromatic heterocycles. The molecule has 2 aromatic carbocycles. The van der Waals surface area contributed by atoms with Crippen molar-refractivity contribution in [3.05, 3.63) is 64.3 Å². The topological polar surface area (TPSA) is 111 Å². The summed E-state index contributed by atoms with van der Waals surface area (Å²) in [6, 6.07) is 13.0. The van der Waals surface area contributed by atoms with Crippen LogP contribution in [0.4, 0.5) is 16.2 Å². The number of nitrogens with one attached hydrogen (secondary N) is 2. The normalized spacial score (nSPS) is 22.6. The van der Waals surface area contributed by atoms with Crippen LogP contribution in [0.5, 0.6) is 0 Å². The lowest BCUT2D eigenvalue weighted by Gasteiger charge is -2.40. The SMILES string of the molecule is C[C@@H]1CCCN1C(=O)c1ccc(NN([O-])[C@H]2C[C@@H](O)CN2C(=O)Nc2ccc(Cl)cc2)cc1. The van der Waals surface area contributed by atoms with E-state index in [1.807, 2.05) is 11.8 Å². The van der Waals surface area contributed by atoms with E-state index < -0.39 is 18.3 Å². The van der Waals surface area contributed by atoms with Crippen LogP contribution < -0.4 is 10.7 Å². The zero-order chi connectivity index (χ0) is 23.5. The Balaban J connectivity index is 1.39. The fourth-order valence-electron chi connectivity index (χ4n) is 4.25. The van der Waals surface area contributed by atoms with E-state index in [4.69, 9.17) is 11.6 Å². The first-order chi connectivity index (χ1) is 15.8. The van der Waals surface area contributed by atoms with Gasteiger partial charge in [0.15, 0.2) is 0 Å². The van der Waals surface area contributed by atoms with E-state index in [1.54, 1.807) is 48.5 Å². The Bertz CT molecular complexity index is 987. The molecule has 2 aliphatic rings. The summed E-state index contributed by atoms with van der Waals surface area (Å²) in [5, 5.41) is 26.7. The number of urea groups is 1. The summed E-state index contributed by atoms with van der Waals surface area (Å²) in [5.74, 6) is -0.0190. The minimum atomic E-state index is -0.904. The molecule has 0 saturated carbocycles. The Hall–Kier alpha value is -2.85. The second-order valence-corrected chi connectivity index (χ2v) is 8.90. The van der Waals surface area contributed by atoms with Crippen LogP contribution in [0.3, 0.4) is 0 Å². The highest BCUT2D eigenvalue weighted by atomic mass is 35.5. The number of hydroxylamine groups is 1. The molecule has 10 heteroatoms. The molecule has 176 valence electrons. The maximum Gasteiger partial charge on any atom is 0.323 e. The number of aliphatic hydroxyl groups excluding tert-OH is 1. The fraction of sp³-hybridized carbons (Fsp3) is 0.391. The fourth-order valence-corrected chi connectivity index (χ4v) is 4.38. The lowest BCUT2D eigenvalue weighted by molar-refractivity contribution is 0.0747. The van der Waals surface area contributed by atoms with Crippen molar-refractivity contribution in [1.82, 2.24) is 15.0 Å². The van der Waals surface area contributed by atoms with Crippen LogP contribution in [0.15, 0.2) is 48.5 Å². The van der Waals surface area contributed by atoms with Gasteiger partial charge in [-0.25, -0.2) is 4.79 Å². The molecule has 0 radical (unpaired) electrons. The third kappa shape index (κ3) is 5.39. The number of carbonyl (C=O) groups is 2. The van der Waals surface area contributed by atoms with Gasteiger partial charge in [-0.1, -0.05) is 11.6 Å². The molecule has 3 amide bonds. The summed E-state index contributed by atoms with van der Waals surface area (Å²) >= 11 is 5.87. The lowest BCUT2D eigenvalue weighted by Crippen LogP contribution is -2.48. The number of amides is 3. The molecule has 33 heavy (non-hydrogen) atoms. The van der Waals surface area contributed by atoms with E-state index in [1.165, 1.54) is 4.90 Å². The number of aliphatic hydroxyl groups is 1. The molecule has 3 N–H and O–H groups in total. The van der Waals surface area contributed by atoms with E-state index in [2.05, 4.69) is 10.7 Å². The van der Waals surface area contributed by atoms with Crippen molar-refractivity contribution in [2.45, 2.75) is 44.5 Å². The highest BCUT2D eigenvalue weighted by molar-refractivity contribution is 6.30. The third-order valence-electron chi connectivity index (χ3n) is 6.06. The molecule has 0 bridgehead atoms. The minimum Gasteiger partial charge on any atom is -0.766 e. The number of nitrogens with zero attached hydrogens (tertiary/aromatic N) is 3. The zero-order valence-electron chi connectivity index (χ0n) is 18.3. The van der Waals surface area contributed by atoms with Crippen molar-refractivity contribution in [3.8, 4) is 0 Å². The number of anilines is 2.